The van der Waals surface area contributed by atoms with Crippen molar-refractivity contribution in [3.05, 3.63) is 12.2 Å². The molecule has 0 aromatic rings. The fourth-order valence-electron chi connectivity index (χ4n) is 3.24. The molecule has 0 bridgehead atoms. The van der Waals surface area contributed by atoms with Gasteiger partial charge in [-0.15, -0.1) is 0 Å². The van der Waals surface area contributed by atoms with E-state index in [0.29, 0.717) is 0 Å². The minimum atomic E-state index is -0.707. The Morgan fingerprint density at radius 2 is 2.18 bits per heavy atom. The Labute approximate surface area is 102 Å². The van der Waals surface area contributed by atoms with Crippen molar-refractivity contribution in [3.63, 3.8) is 0 Å². The van der Waals surface area contributed by atoms with Gasteiger partial charge in [0.15, 0.2) is 0 Å². The lowest BCUT2D eigenvalue weighted by Gasteiger charge is -2.36. The molecular weight excluding hydrogens is 218 g/mol. The lowest BCUT2D eigenvalue weighted by molar-refractivity contribution is -0.156. The number of ether oxygens (including phenoxy) is 2. The summed E-state index contributed by atoms with van der Waals surface area (Å²) in [5.74, 6) is -0.558. The first-order chi connectivity index (χ1) is 8.14. The van der Waals surface area contributed by atoms with Gasteiger partial charge in [0.2, 0.25) is 11.7 Å². The molecule has 0 spiro atoms. The number of epoxide rings is 1. The van der Waals surface area contributed by atoms with Crippen molar-refractivity contribution in [2.24, 2.45) is 5.41 Å². The van der Waals surface area contributed by atoms with Crippen LogP contribution in [0, 0.1) is 5.41 Å². The maximum absolute atomic E-state index is 12.6. The molecule has 17 heavy (non-hydrogen) atoms. The molecule has 2 fully saturated rings. The fraction of sp³-hybridized carbons (Fsp3) is 0.769. The summed E-state index contributed by atoms with van der Waals surface area (Å²) in [7, 11) is 1.63. The molecular formula is C13H19NO3. The SMILES string of the molecule is CO[C@]12O[C@H]1CC=C[C@]2(C)C(=O)N1CCCC1. The summed E-state index contributed by atoms with van der Waals surface area (Å²) in [4.78, 5) is 14.6. The van der Waals surface area contributed by atoms with Gasteiger partial charge >= 0.3 is 0 Å². The summed E-state index contributed by atoms with van der Waals surface area (Å²) in [5.41, 5.74) is -0.658. The summed E-state index contributed by atoms with van der Waals surface area (Å²) in [6.45, 7) is 3.67. The van der Waals surface area contributed by atoms with Crippen LogP contribution in [0.15, 0.2) is 12.2 Å². The van der Waals surface area contributed by atoms with Gasteiger partial charge in [0.25, 0.3) is 0 Å². The molecule has 2 aliphatic heterocycles. The molecule has 0 unspecified atom stereocenters. The number of carbonyl (C=O) groups excluding carboxylic acids is 1. The number of hydrogen-bond acceptors (Lipinski definition) is 3. The first kappa shape index (κ1) is 11.2. The van der Waals surface area contributed by atoms with Crippen LogP contribution in [-0.2, 0) is 14.3 Å². The normalized spacial score (nSPS) is 43.6. The second-order valence-corrected chi connectivity index (χ2v) is 5.32. The maximum Gasteiger partial charge on any atom is 0.237 e. The van der Waals surface area contributed by atoms with E-state index in [0.717, 1.165) is 32.4 Å². The molecule has 2 heterocycles. The molecule has 1 aliphatic carbocycles. The maximum atomic E-state index is 12.6. The van der Waals surface area contributed by atoms with Crippen LogP contribution in [0.4, 0.5) is 0 Å². The Kier molecular flexibility index (Phi) is 2.35. The van der Waals surface area contributed by atoms with Crippen molar-refractivity contribution in [2.45, 2.75) is 38.1 Å². The first-order valence-electron chi connectivity index (χ1n) is 6.34. The van der Waals surface area contributed by atoms with Gasteiger partial charge in [-0.3, -0.25) is 4.79 Å². The molecule has 94 valence electrons. The van der Waals surface area contributed by atoms with Crippen LogP contribution in [-0.4, -0.2) is 42.9 Å². The van der Waals surface area contributed by atoms with Crippen LogP contribution in [0.1, 0.15) is 26.2 Å². The summed E-state index contributed by atoms with van der Waals surface area (Å²) in [6.07, 6.45) is 7.13. The standard InChI is InChI=1S/C13H19NO3/c1-12(11(15)14-8-3-4-9-14)7-5-6-10-13(12,16-2)17-10/h5,7,10H,3-4,6,8-9H2,1-2H3/t10-,12+,13-/m0/s1. The Bertz CT molecular complexity index is 375. The van der Waals surface area contributed by atoms with Crippen LogP contribution in [0.25, 0.3) is 0 Å². The molecule has 2 saturated heterocycles. The van der Waals surface area contributed by atoms with E-state index < -0.39 is 11.2 Å². The summed E-state index contributed by atoms with van der Waals surface area (Å²) in [5, 5.41) is 0. The number of rotatable bonds is 2. The third-order valence-corrected chi connectivity index (χ3v) is 4.35. The quantitative estimate of drug-likeness (QED) is 0.537. The summed E-state index contributed by atoms with van der Waals surface area (Å²) >= 11 is 0. The second-order valence-electron chi connectivity index (χ2n) is 5.32. The van der Waals surface area contributed by atoms with E-state index in [1.807, 2.05) is 24.0 Å². The molecule has 4 heteroatoms. The van der Waals surface area contributed by atoms with Gasteiger partial charge in [0.1, 0.15) is 11.5 Å². The van der Waals surface area contributed by atoms with Gasteiger partial charge in [0, 0.05) is 20.2 Å². The third-order valence-electron chi connectivity index (χ3n) is 4.35. The first-order valence-corrected chi connectivity index (χ1v) is 6.34. The predicted molar refractivity (Wildman–Crippen MR) is 62.3 cm³/mol. The zero-order valence-corrected chi connectivity index (χ0v) is 10.4. The minimum absolute atomic E-state index is 0.0500. The number of amides is 1. The highest BCUT2D eigenvalue weighted by Gasteiger charge is 2.71. The molecule has 0 N–H and O–H groups in total. The van der Waals surface area contributed by atoms with E-state index in [2.05, 4.69) is 0 Å². The Morgan fingerprint density at radius 1 is 1.47 bits per heavy atom. The van der Waals surface area contributed by atoms with Crippen molar-refractivity contribution >= 4 is 5.91 Å². The predicted octanol–water partition coefficient (Wildman–Crippen LogP) is 1.32. The number of hydrogen-bond donors (Lipinski definition) is 0. The van der Waals surface area contributed by atoms with Crippen LogP contribution in [0.2, 0.25) is 0 Å². The van der Waals surface area contributed by atoms with E-state index in [-0.39, 0.29) is 12.0 Å². The van der Waals surface area contributed by atoms with Crippen molar-refractivity contribution in [3.8, 4) is 0 Å². The van der Waals surface area contributed by atoms with Crippen molar-refractivity contribution in [1.82, 2.24) is 4.90 Å². The van der Waals surface area contributed by atoms with Crippen LogP contribution in [0.5, 0.6) is 0 Å². The van der Waals surface area contributed by atoms with Crippen molar-refractivity contribution < 1.29 is 14.3 Å². The second kappa shape index (κ2) is 3.56. The molecule has 3 rings (SSSR count). The van der Waals surface area contributed by atoms with Gasteiger partial charge < -0.3 is 14.4 Å². The lowest BCUT2D eigenvalue weighted by Crippen LogP contribution is -2.51. The number of nitrogens with zero attached hydrogens (tertiary/aromatic N) is 1. The highest BCUT2D eigenvalue weighted by atomic mass is 16.8. The van der Waals surface area contributed by atoms with E-state index in [4.69, 9.17) is 9.47 Å². The summed E-state index contributed by atoms with van der Waals surface area (Å²) in [6, 6.07) is 0. The van der Waals surface area contributed by atoms with Gasteiger partial charge in [-0.2, -0.15) is 0 Å². The molecule has 3 atom stereocenters. The van der Waals surface area contributed by atoms with E-state index in [9.17, 15) is 4.79 Å². The van der Waals surface area contributed by atoms with Gasteiger partial charge in [-0.1, -0.05) is 12.2 Å². The van der Waals surface area contributed by atoms with Gasteiger partial charge in [-0.05, 0) is 26.2 Å². The van der Waals surface area contributed by atoms with E-state index in [1.54, 1.807) is 7.11 Å². The Morgan fingerprint density at radius 3 is 2.82 bits per heavy atom. The highest BCUT2D eigenvalue weighted by molar-refractivity contribution is 5.86. The highest BCUT2D eigenvalue weighted by Crippen LogP contribution is 2.56. The molecule has 1 amide bonds. The number of fused-ring (bicyclic) bond motifs is 1. The van der Waals surface area contributed by atoms with Crippen LogP contribution < -0.4 is 0 Å². The molecule has 0 saturated carbocycles. The number of methoxy groups -OCH3 is 1. The number of likely N-dealkylation sites (tertiary alicyclic amines) is 1. The topological polar surface area (TPSA) is 42.1 Å². The van der Waals surface area contributed by atoms with Crippen LogP contribution in [0.3, 0.4) is 0 Å². The largest absolute Gasteiger partial charge is 0.350 e. The zero-order valence-electron chi connectivity index (χ0n) is 10.4. The molecule has 0 aromatic heterocycles. The van der Waals surface area contributed by atoms with E-state index in [1.165, 1.54) is 0 Å². The van der Waals surface area contributed by atoms with Gasteiger partial charge in [0.05, 0.1) is 0 Å². The Balaban J connectivity index is 1.90. The smallest absolute Gasteiger partial charge is 0.237 e. The average molecular weight is 237 g/mol. The van der Waals surface area contributed by atoms with Crippen molar-refractivity contribution in [2.75, 3.05) is 20.2 Å². The zero-order chi connectivity index (χ0) is 12.1. The fourth-order valence-corrected chi connectivity index (χ4v) is 3.24. The van der Waals surface area contributed by atoms with Crippen molar-refractivity contribution in [1.29, 1.82) is 0 Å². The third kappa shape index (κ3) is 1.34. The molecule has 0 radical (unpaired) electrons. The number of carbonyl (C=O) groups is 1. The lowest BCUT2D eigenvalue weighted by atomic mass is 9.76. The van der Waals surface area contributed by atoms with E-state index >= 15 is 0 Å². The Hall–Kier alpha value is -0.870. The molecule has 3 aliphatic rings. The molecule has 0 aromatic carbocycles. The van der Waals surface area contributed by atoms with Gasteiger partial charge in [-0.25, -0.2) is 0 Å². The van der Waals surface area contributed by atoms with Crippen LogP contribution >= 0.6 is 0 Å². The summed E-state index contributed by atoms with van der Waals surface area (Å²) < 4.78 is 11.2. The minimum Gasteiger partial charge on any atom is -0.350 e. The average Bonchev–Trinajstić information content (AvgIpc) is 2.85. The molecule has 4 nitrogen and oxygen atoms in total. The monoisotopic (exact) mass is 237 g/mol.